The van der Waals surface area contributed by atoms with Crippen LogP contribution in [0.5, 0.6) is 0 Å². The first-order valence-electron chi connectivity index (χ1n) is 22.1. The topological polar surface area (TPSA) is 178 Å². The maximum Gasteiger partial charge on any atom is 0.475 e. The minimum absolute atomic E-state index is 0.173. The summed E-state index contributed by atoms with van der Waals surface area (Å²) in [6, 6.07) is 0. The van der Waals surface area contributed by atoms with Gasteiger partial charge < -0.3 is 29.9 Å². The lowest BCUT2D eigenvalue weighted by Crippen LogP contribution is -2.56. The summed E-state index contributed by atoms with van der Waals surface area (Å²) in [6.45, 7) is 3.65. The molecule has 1 aliphatic rings. The van der Waals surface area contributed by atoms with E-state index in [1.807, 2.05) is 0 Å². The van der Waals surface area contributed by atoms with Crippen molar-refractivity contribution in [3.63, 3.8) is 0 Å². The molecular weight excluding hydrogens is 727 g/mol. The lowest BCUT2D eigenvalue weighted by atomic mass is 9.87. The SMILES string of the molecule is CCCCCCCCCCCCCCCC(=O)OCC(COP(=O)(OC)O[C@H]1C[C@@H](O)[C@H](O)[C@@H](O)[C@H]1O)OC(=O)CCCCCCCCCCCCCCC. The van der Waals surface area contributed by atoms with Gasteiger partial charge in [0.1, 0.15) is 31.0 Å². The number of ether oxygens (including phenoxy) is 2. The largest absolute Gasteiger partial charge is 0.475 e. The fourth-order valence-corrected chi connectivity index (χ4v) is 8.08. The van der Waals surface area contributed by atoms with Crippen LogP contribution in [0.3, 0.4) is 0 Å². The molecule has 0 saturated heterocycles. The van der Waals surface area contributed by atoms with Crippen molar-refractivity contribution in [3.8, 4) is 0 Å². The van der Waals surface area contributed by atoms with E-state index in [0.29, 0.717) is 12.8 Å². The summed E-state index contributed by atoms with van der Waals surface area (Å²) in [5.74, 6) is -0.932. The molecule has 55 heavy (non-hydrogen) atoms. The van der Waals surface area contributed by atoms with Crippen LogP contribution in [0.1, 0.15) is 200 Å². The Morgan fingerprint density at radius 2 is 0.964 bits per heavy atom. The molecule has 13 heteroatoms. The normalized spacial score (nSPS) is 21.6. The highest BCUT2D eigenvalue weighted by molar-refractivity contribution is 7.48. The van der Waals surface area contributed by atoms with Gasteiger partial charge in [0.15, 0.2) is 6.10 Å². The number of phosphoric acid groups is 1. The van der Waals surface area contributed by atoms with Crippen LogP contribution in [-0.2, 0) is 37.2 Å². The number of carbonyl (C=O) groups excluding carboxylic acids is 2. The Hall–Kier alpha value is -1.11. The number of aliphatic hydroxyl groups excluding tert-OH is 4. The first kappa shape index (κ1) is 51.9. The van der Waals surface area contributed by atoms with E-state index in [1.165, 1.54) is 116 Å². The molecule has 0 aromatic heterocycles. The Balaban J connectivity index is 2.49. The van der Waals surface area contributed by atoms with Gasteiger partial charge in [-0.2, -0.15) is 0 Å². The fraction of sp³-hybridized carbons (Fsp3) is 0.952. The Morgan fingerprint density at radius 3 is 1.38 bits per heavy atom. The number of esters is 2. The first-order valence-corrected chi connectivity index (χ1v) is 23.6. The van der Waals surface area contributed by atoms with Crippen molar-refractivity contribution in [2.24, 2.45) is 0 Å². The van der Waals surface area contributed by atoms with E-state index in [4.69, 9.17) is 23.0 Å². The molecule has 0 amide bonds. The minimum Gasteiger partial charge on any atom is -0.462 e. The predicted octanol–water partition coefficient (Wildman–Crippen LogP) is 9.41. The Morgan fingerprint density at radius 1 is 0.564 bits per heavy atom. The van der Waals surface area contributed by atoms with Gasteiger partial charge in [-0.05, 0) is 12.8 Å². The third-order valence-corrected chi connectivity index (χ3v) is 12.0. The first-order chi connectivity index (χ1) is 26.6. The van der Waals surface area contributed by atoms with Crippen LogP contribution < -0.4 is 0 Å². The van der Waals surface area contributed by atoms with Gasteiger partial charge in [-0.3, -0.25) is 23.2 Å². The van der Waals surface area contributed by atoms with Gasteiger partial charge in [0, 0.05) is 26.4 Å². The maximum atomic E-state index is 13.3. The van der Waals surface area contributed by atoms with E-state index in [-0.39, 0.29) is 25.9 Å². The summed E-state index contributed by atoms with van der Waals surface area (Å²) in [5.41, 5.74) is 0. The van der Waals surface area contributed by atoms with Gasteiger partial charge in [-0.25, -0.2) is 4.57 Å². The van der Waals surface area contributed by atoms with Crippen molar-refractivity contribution < 1.29 is 57.6 Å². The van der Waals surface area contributed by atoms with E-state index in [1.54, 1.807) is 0 Å². The van der Waals surface area contributed by atoms with E-state index in [2.05, 4.69) is 13.8 Å². The molecule has 0 spiro atoms. The number of unbranched alkanes of at least 4 members (excludes halogenated alkanes) is 24. The predicted molar refractivity (Wildman–Crippen MR) is 216 cm³/mol. The summed E-state index contributed by atoms with van der Waals surface area (Å²) >= 11 is 0. The summed E-state index contributed by atoms with van der Waals surface area (Å²) in [6.07, 6.45) is 22.0. The number of hydrogen-bond acceptors (Lipinski definition) is 12. The molecule has 1 fully saturated rings. The number of aliphatic hydroxyl groups is 4. The number of hydrogen-bond donors (Lipinski definition) is 4. The van der Waals surface area contributed by atoms with E-state index < -0.39 is 63.0 Å². The lowest BCUT2D eigenvalue weighted by molar-refractivity contribution is -0.175. The zero-order valence-corrected chi connectivity index (χ0v) is 35.8. The molecule has 4 N–H and O–H groups in total. The van der Waals surface area contributed by atoms with Gasteiger partial charge >= 0.3 is 19.8 Å². The molecular formula is C42H81O12P. The maximum absolute atomic E-state index is 13.3. The van der Waals surface area contributed by atoms with Gasteiger partial charge in [0.05, 0.1) is 12.7 Å². The molecule has 0 aliphatic heterocycles. The molecule has 0 bridgehead atoms. The highest BCUT2D eigenvalue weighted by Gasteiger charge is 2.46. The Bertz CT molecular complexity index is 984. The molecule has 326 valence electrons. The number of phosphoric ester groups is 1. The smallest absolute Gasteiger partial charge is 0.462 e. The van der Waals surface area contributed by atoms with Gasteiger partial charge in [-0.15, -0.1) is 0 Å². The molecule has 0 aromatic rings. The van der Waals surface area contributed by atoms with Crippen LogP contribution in [0.2, 0.25) is 0 Å². The minimum atomic E-state index is -4.41. The third-order valence-electron chi connectivity index (χ3n) is 10.6. The van der Waals surface area contributed by atoms with Crippen molar-refractivity contribution in [3.05, 3.63) is 0 Å². The van der Waals surface area contributed by atoms with Gasteiger partial charge in [0.25, 0.3) is 0 Å². The summed E-state index contributed by atoms with van der Waals surface area (Å²) in [5, 5.41) is 40.2. The second-order valence-corrected chi connectivity index (χ2v) is 17.4. The van der Waals surface area contributed by atoms with E-state index in [9.17, 15) is 34.6 Å². The van der Waals surface area contributed by atoms with Crippen LogP contribution in [-0.4, -0.2) is 89.3 Å². The molecule has 1 rings (SSSR count). The number of carbonyl (C=O) groups is 2. The van der Waals surface area contributed by atoms with Crippen molar-refractivity contribution in [2.45, 2.75) is 237 Å². The fourth-order valence-electron chi connectivity index (χ4n) is 6.93. The summed E-state index contributed by atoms with van der Waals surface area (Å²) in [7, 11) is -3.36. The van der Waals surface area contributed by atoms with Crippen LogP contribution in [0.25, 0.3) is 0 Å². The van der Waals surface area contributed by atoms with Gasteiger partial charge in [-0.1, -0.05) is 168 Å². The molecule has 1 saturated carbocycles. The van der Waals surface area contributed by atoms with Crippen molar-refractivity contribution in [2.75, 3.05) is 20.3 Å². The standard InChI is InChI=1S/C42H81O12P/c1-4-6-8-10-12-14-16-18-20-22-24-26-28-30-38(44)51-33-35(34-52-55(49,50-3)54-37-32-36(43)40(46)42(48)41(37)47)53-39(45)31-29-27-25-23-21-19-17-15-13-11-9-7-5-2/h35-37,40-43,46-48H,4-34H2,1-3H3/t35?,36-,37+,40+,41+,42-,55?/m1/s1. The van der Waals surface area contributed by atoms with E-state index >= 15 is 0 Å². The molecule has 0 radical (unpaired) electrons. The van der Waals surface area contributed by atoms with Gasteiger partial charge in [0.2, 0.25) is 0 Å². The highest BCUT2D eigenvalue weighted by Crippen LogP contribution is 2.51. The summed E-state index contributed by atoms with van der Waals surface area (Å²) in [4.78, 5) is 25.4. The van der Waals surface area contributed by atoms with Crippen LogP contribution in [0, 0.1) is 0 Å². The summed E-state index contributed by atoms with van der Waals surface area (Å²) < 4.78 is 40.1. The molecule has 0 heterocycles. The van der Waals surface area contributed by atoms with Crippen molar-refractivity contribution in [1.82, 2.24) is 0 Å². The third kappa shape index (κ3) is 26.5. The molecule has 2 unspecified atom stereocenters. The second-order valence-electron chi connectivity index (χ2n) is 15.6. The van der Waals surface area contributed by atoms with Crippen molar-refractivity contribution in [1.29, 1.82) is 0 Å². The van der Waals surface area contributed by atoms with Crippen LogP contribution in [0.4, 0.5) is 0 Å². The zero-order valence-electron chi connectivity index (χ0n) is 34.9. The highest BCUT2D eigenvalue weighted by atomic mass is 31.2. The number of rotatable bonds is 37. The molecule has 7 atom stereocenters. The molecule has 1 aliphatic carbocycles. The Kier molecular flexibility index (Phi) is 31.9. The van der Waals surface area contributed by atoms with Crippen LogP contribution >= 0.6 is 7.82 Å². The average Bonchev–Trinajstić information content (AvgIpc) is 3.17. The second kappa shape index (κ2) is 33.8. The molecule has 12 nitrogen and oxygen atoms in total. The quantitative estimate of drug-likeness (QED) is 0.0266. The van der Waals surface area contributed by atoms with Crippen LogP contribution in [0.15, 0.2) is 0 Å². The lowest BCUT2D eigenvalue weighted by Gasteiger charge is -2.38. The van der Waals surface area contributed by atoms with Crippen molar-refractivity contribution >= 4 is 19.8 Å². The molecule has 0 aromatic carbocycles. The van der Waals surface area contributed by atoms with E-state index in [0.717, 1.165) is 45.6 Å². The average molecular weight is 809 g/mol. The zero-order chi connectivity index (χ0) is 40.6. The Labute approximate surface area is 333 Å². The monoisotopic (exact) mass is 809 g/mol.